The highest BCUT2D eigenvalue weighted by atomic mass is 16.5. The maximum absolute atomic E-state index is 5.79. The molecule has 0 aromatic heterocycles. The zero-order valence-corrected chi connectivity index (χ0v) is 10.4. The van der Waals surface area contributed by atoms with Crippen LogP contribution in [0, 0.1) is 11.8 Å². The van der Waals surface area contributed by atoms with Gasteiger partial charge in [-0.1, -0.05) is 0 Å². The summed E-state index contributed by atoms with van der Waals surface area (Å²) in [4.78, 5) is 2.55. The minimum atomic E-state index is 0.560. The van der Waals surface area contributed by atoms with Gasteiger partial charge in [0.1, 0.15) is 0 Å². The van der Waals surface area contributed by atoms with Gasteiger partial charge in [0, 0.05) is 13.2 Å². The smallest absolute Gasteiger partial charge is 0.0505 e. The molecule has 1 rings (SSSR count). The Morgan fingerprint density at radius 1 is 1.33 bits per heavy atom. The van der Waals surface area contributed by atoms with E-state index in [1.807, 2.05) is 0 Å². The van der Waals surface area contributed by atoms with Crippen LogP contribution >= 0.6 is 0 Å². The number of hydrogen-bond donors (Lipinski definition) is 1. The number of nitrogens with zero attached hydrogens (tertiary/aromatic N) is 1. The molecule has 1 aliphatic rings. The first-order valence-corrected chi connectivity index (χ1v) is 6.12. The zero-order valence-electron chi connectivity index (χ0n) is 10.4. The molecule has 1 aliphatic heterocycles. The van der Waals surface area contributed by atoms with Crippen LogP contribution < -0.4 is 5.73 Å². The van der Waals surface area contributed by atoms with Crippen molar-refractivity contribution in [3.05, 3.63) is 0 Å². The van der Waals surface area contributed by atoms with Gasteiger partial charge in [0.15, 0.2) is 0 Å². The van der Waals surface area contributed by atoms with Crippen LogP contribution in [-0.4, -0.2) is 44.3 Å². The second kappa shape index (κ2) is 6.46. The van der Waals surface area contributed by atoms with Crippen LogP contribution in [0.3, 0.4) is 0 Å². The largest absolute Gasteiger partial charge is 0.384 e. The minimum absolute atomic E-state index is 0.560. The van der Waals surface area contributed by atoms with E-state index < -0.39 is 0 Å². The van der Waals surface area contributed by atoms with E-state index in [9.17, 15) is 0 Å². The first-order valence-electron chi connectivity index (χ1n) is 6.12. The summed E-state index contributed by atoms with van der Waals surface area (Å²) in [6, 6.07) is 0.685. The van der Waals surface area contributed by atoms with Gasteiger partial charge in [0.25, 0.3) is 0 Å². The van der Waals surface area contributed by atoms with Crippen molar-refractivity contribution in [2.24, 2.45) is 17.6 Å². The fourth-order valence-electron chi connectivity index (χ4n) is 2.52. The zero-order chi connectivity index (χ0) is 11.3. The van der Waals surface area contributed by atoms with E-state index in [-0.39, 0.29) is 0 Å². The molecule has 0 aromatic carbocycles. The third-order valence-electron chi connectivity index (χ3n) is 3.65. The van der Waals surface area contributed by atoms with Gasteiger partial charge in [-0.15, -0.1) is 0 Å². The van der Waals surface area contributed by atoms with Crippen molar-refractivity contribution in [2.45, 2.75) is 32.7 Å². The summed E-state index contributed by atoms with van der Waals surface area (Å²) < 4.78 is 5.23. The van der Waals surface area contributed by atoms with Crippen molar-refractivity contribution >= 4 is 0 Å². The summed E-state index contributed by atoms with van der Waals surface area (Å²) in [6.45, 7) is 8.58. The summed E-state index contributed by atoms with van der Waals surface area (Å²) in [5.41, 5.74) is 5.79. The molecule has 0 saturated carbocycles. The predicted octanol–water partition coefficient (Wildman–Crippen LogP) is 1.33. The Labute approximate surface area is 94.0 Å². The summed E-state index contributed by atoms with van der Waals surface area (Å²) in [5.74, 6) is 1.33. The normalized spacial score (nSPS) is 22.2. The van der Waals surface area contributed by atoms with Gasteiger partial charge in [0.05, 0.1) is 6.61 Å². The molecular formula is C12H26N2O. The van der Waals surface area contributed by atoms with Crippen LogP contribution in [0.15, 0.2) is 0 Å². The lowest BCUT2D eigenvalue weighted by Gasteiger charge is -2.37. The highest BCUT2D eigenvalue weighted by Crippen LogP contribution is 2.25. The quantitative estimate of drug-likeness (QED) is 0.750. The van der Waals surface area contributed by atoms with Crippen LogP contribution in [0.2, 0.25) is 0 Å². The number of likely N-dealkylation sites (tertiary alicyclic amines) is 1. The van der Waals surface area contributed by atoms with Crippen LogP contribution in [0.25, 0.3) is 0 Å². The SMILES string of the molecule is COCC(CN)C1CCN(C(C)C)CC1. The molecular weight excluding hydrogens is 188 g/mol. The van der Waals surface area contributed by atoms with Gasteiger partial charge in [-0.25, -0.2) is 0 Å². The number of nitrogens with two attached hydrogens (primary N) is 1. The first kappa shape index (κ1) is 12.9. The lowest BCUT2D eigenvalue weighted by atomic mass is 9.84. The van der Waals surface area contributed by atoms with Crippen molar-refractivity contribution in [1.29, 1.82) is 0 Å². The van der Waals surface area contributed by atoms with E-state index in [1.165, 1.54) is 25.9 Å². The van der Waals surface area contributed by atoms with Gasteiger partial charge < -0.3 is 15.4 Å². The van der Waals surface area contributed by atoms with Crippen molar-refractivity contribution in [3.63, 3.8) is 0 Å². The molecule has 90 valence electrons. The second-order valence-corrected chi connectivity index (χ2v) is 4.92. The molecule has 0 aromatic rings. The molecule has 0 bridgehead atoms. The average molecular weight is 214 g/mol. The Morgan fingerprint density at radius 2 is 1.93 bits per heavy atom. The fourth-order valence-corrected chi connectivity index (χ4v) is 2.52. The molecule has 1 heterocycles. The van der Waals surface area contributed by atoms with E-state index in [0.29, 0.717) is 12.0 Å². The van der Waals surface area contributed by atoms with Gasteiger partial charge in [-0.3, -0.25) is 0 Å². The number of methoxy groups -OCH3 is 1. The highest BCUT2D eigenvalue weighted by Gasteiger charge is 2.26. The van der Waals surface area contributed by atoms with Gasteiger partial charge in [-0.05, 0) is 58.2 Å². The lowest BCUT2D eigenvalue weighted by Crippen LogP contribution is -2.42. The van der Waals surface area contributed by atoms with Crippen molar-refractivity contribution in [3.8, 4) is 0 Å². The monoisotopic (exact) mass is 214 g/mol. The maximum Gasteiger partial charge on any atom is 0.0505 e. The highest BCUT2D eigenvalue weighted by molar-refractivity contribution is 4.79. The first-order chi connectivity index (χ1) is 7.19. The number of rotatable bonds is 5. The Kier molecular flexibility index (Phi) is 5.58. The van der Waals surface area contributed by atoms with E-state index in [2.05, 4.69) is 18.7 Å². The number of piperidine rings is 1. The molecule has 15 heavy (non-hydrogen) atoms. The summed E-state index contributed by atoms with van der Waals surface area (Å²) in [5, 5.41) is 0. The second-order valence-electron chi connectivity index (χ2n) is 4.92. The van der Waals surface area contributed by atoms with Crippen LogP contribution in [0.4, 0.5) is 0 Å². The van der Waals surface area contributed by atoms with Crippen LogP contribution in [0.1, 0.15) is 26.7 Å². The molecule has 3 heteroatoms. The minimum Gasteiger partial charge on any atom is -0.384 e. The van der Waals surface area contributed by atoms with Crippen molar-refractivity contribution in [1.82, 2.24) is 4.90 Å². The lowest BCUT2D eigenvalue weighted by molar-refractivity contribution is 0.0756. The Morgan fingerprint density at radius 3 is 2.33 bits per heavy atom. The molecule has 3 nitrogen and oxygen atoms in total. The number of hydrogen-bond acceptors (Lipinski definition) is 3. The van der Waals surface area contributed by atoms with Crippen molar-refractivity contribution < 1.29 is 4.74 Å². The molecule has 0 spiro atoms. The van der Waals surface area contributed by atoms with Crippen LogP contribution in [0.5, 0.6) is 0 Å². The fraction of sp³-hybridized carbons (Fsp3) is 1.00. The maximum atomic E-state index is 5.79. The Balaban J connectivity index is 2.35. The van der Waals surface area contributed by atoms with Crippen molar-refractivity contribution in [2.75, 3.05) is 33.4 Å². The third-order valence-corrected chi connectivity index (χ3v) is 3.65. The summed E-state index contributed by atoms with van der Waals surface area (Å²) >= 11 is 0. The van der Waals surface area contributed by atoms with E-state index >= 15 is 0 Å². The summed E-state index contributed by atoms with van der Waals surface area (Å²) in [6.07, 6.45) is 2.56. The topological polar surface area (TPSA) is 38.5 Å². The standard InChI is InChI=1S/C12H26N2O/c1-10(2)14-6-4-11(5-7-14)12(8-13)9-15-3/h10-12H,4-9,13H2,1-3H3. The average Bonchev–Trinajstić information content (AvgIpc) is 2.26. The molecule has 1 fully saturated rings. The molecule has 0 aliphatic carbocycles. The Bertz CT molecular complexity index is 165. The van der Waals surface area contributed by atoms with E-state index in [0.717, 1.165) is 19.1 Å². The van der Waals surface area contributed by atoms with Gasteiger partial charge in [-0.2, -0.15) is 0 Å². The molecule has 0 radical (unpaired) electrons. The molecule has 0 amide bonds. The molecule has 2 N–H and O–H groups in total. The van der Waals surface area contributed by atoms with E-state index in [4.69, 9.17) is 10.5 Å². The Hall–Kier alpha value is -0.120. The number of ether oxygens (including phenoxy) is 1. The van der Waals surface area contributed by atoms with Crippen LogP contribution in [-0.2, 0) is 4.74 Å². The summed E-state index contributed by atoms with van der Waals surface area (Å²) in [7, 11) is 1.77. The van der Waals surface area contributed by atoms with E-state index in [1.54, 1.807) is 7.11 Å². The molecule has 1 unspecified atom stereocenters. The molecule has 1 saturated heterocycles. The van der Waals surface area contributed by atoms with Gasteiger partial charge >= 0.3 is 0 Å². The third kappa shape index (κ3) is 3.74. The van der Waals surface area contributed by atoms with Gasteiger partial charge in [0.2, 0.25) is 0 Å². The predicted molar refractivity (Wildman–Crippen MR) is 63.9 cm³/mol. The molecule has 1 atom stereocenters.